The summed E-state index contributed by atoms with van der Waals surface area (Å²) in [6, 6.07) is 9.33. The zero-order chi connectivity index (χ0) is 21.7. The van der Waals surface area contributed by atoms with Crippen molar-refractivity contribution < 1.29 is 9.90 Å². The van der Waals surface area contributed by atoms with Crippen LogP contribution < -0.4 is 16.1 Å². The average molecular weight is 410 g/mol. The van der Waals surface area contributed by atoms with Crippen LogP contribution in [0.25, 0.3) is 11.2 Å². The summed E-state index contributed by atoms with van der Waals surface area (Å²) in [4.78, 5) is 46.0. The Morgan fingerprint density at radius 1 is 1.10 bits per heavy atom. The zero-order valence-electron chi connectivity index (χ0n) is 17.1. The van der Waals surface area contributed by atoms with Crippen molar-refractivity contribution in [2.75, 3.05) is 19.0 Å². The molecule has 2 aromatic heterocycles. The second kappa shape index (κ2) is 6.99. The number of rotatable bonds is 3. The molecule has 3 heterocycles. The molecule has 0 saturated carbocycles. The maximum atomic E-state index is 13.3. The Morgan fingerprint density at radius 3 is 2.40 bits per heavy atom. The molecular formula is C20H22N6O4. The Morgan fingerprint density at radius 2 is 1.77 bits per heavy atom. The van der Waals surface area contributed by atoms with Crippen LogP contribution in [0.3, 0.4) is 0 Å². The van der Waals surface area contributed by atoms with E-state index < -0.39 is 23.4 Å². The molecule has 0 aliphatic carbocycles. The molecule has 156 valence electrons. The predicted molar refractivity (Wildman–Crippen MR) is 111 cm³/mol. The number of aliphatic hydroxyl groups is 1. The van der Waals surface area contributed by atoms with Crippen molar-refractivity contribution in [3.63, 3.8) is 0 Å². The molecule has 1 aliphatic heterocycles. The van der Waals surface area contributed by atoms with E-state index in [2.05, 4.69) is 4.98 Å². The summed E-state index contributed by atoms with van der Waals surface area (Å²) in [6.45, 7) is 0.189. The highest BCUT2D eigenvalue weighted by Gasteiger charge is 2.39. The molecule has 0 spiro atoms. The third kappa shape index (κ3) is 2.84. The monoisotopic (exact) mass is 410 g/mol. The van der Waals surface area contributed by atoms with Crippen LogP contribution in [0.15, 0.2) is 51.7 Å². The Kier molecular flexibility index (Phi) is 4.58. The van der Waals surface area contributed by atoms with Gasteiger partial charge in [0.15, 0.2) is 17.4 Å². The van der Waals surface area contributed by atoms with Crippen LogP contribution in [0.1, 0.15) is 11.8 Å². The Balaban J connectivity index is 2.05. The second-order valence-electron chi connectivity index (χ2n) is 7.46. The topological polar surface area (TPSA) is 106 Å². The molecule has 1 N–H and O–H groups in total. The van der Waals surface area contributed by atoms with E-state index in [0.717, 1.165) is 10.1 Å². The molecule has 10 nitrogen and oxygen atoms in total. The number of aromatic nitrogens is 4. The molecule has 10 heteroatoms. The first-order valence-corrected chi connectivity index (χ1v) is 9.32. The number of amides is 1. The Labute approximate surface area is 171 Å². The summed E-state index contributed by atoms with van der Waals surface area (Å²) in [6.07, 6.45) is 0.101. The van der Waals surface area contributed by atoms with Crippen molar-refractivity contribution in [2.45, 2.75) is 12.8 Å². The quantitative estimate of drug-likeness (QED) is 0.606. The van der Waals surface area contributed by atoms with Gasteiger partial charge in [0, 0.05) is 34.4 Å². The first-order chi connectivity index (χ1) is 14.2. The number of nitrogens with zero attached hydrogens (tertiary/aromatic N) is 6. The molecule has 0 fully saturated rings. The predicted octanol–water partition coefficient (Wildman–Crippen LogP) is -0.0831. The van der Waals surface area contributed by atoms with Gasteiger partial charge in [0.25, 0.3) is 11.5 Å². The van der Waals surface area contributed by atoms with Crippen molar-refractivity contribution >= 4 is 23.0 Å². The number of anilines is 1. The van der Waals surface area contributed by atoms with Crippen LogP contribution in [0, 0.1) is 0 Å². The van der Waals surface area contributed by atoms with Gasteiger partial charge in [0.2, 0.25) is 5.95 Å². The van der Waals surface area contributed by atoms with Gasteiger partial charge in [-0.15, -0.1) is 0 Å². The van der Waals surface area contributed by atoms with Crippen LogP contribution in [-0.2, 0) is 25.4 Å². The van der Waals surface area contributed by atoms with E-state index in [9.17, 15) is 19.5 Å². The lowest BCUT2D eigenvalue weighted by Crippen LogP contribution is -2.43. The first-order valence-electron chi connectivity index (χ1n) is 9.32. The maximum Gasteiger partial charge on any atom is 0.332 e. The molecule has 0 saturated heterocycles. The fourth-order valence-corrected chi connectivity index (χ4v) is 3.63. The van der Waals surface area contributed by atoms with Gasteiger partial charge in [0.05, 0.1) is 12.1 Å². The van der Waals surface area contributed by atoms with E-state index in [1.165, 1.54) is 34.3 Å². The minimum atomic E-state index is -1.42. The van der Waals surface area contributed by atoms with Gasteiger partial charge in [-0.2, -0.15) is 4.98 Å². The Bertz CT molecular complexity index is 1300. The minimum Gasteiger partial charge on any atom is -0.383 e. The summed E-state index contributed by atoms with van der Waals surface area (Å²) < 4.78 is 3.50. The van der Waals surface area contributed by atoms with E-state index in [1.807, 2.05) is 30.3 Å². The van der Waals surface area contributed by atoms with Gasteiger partial charge >= 0.3 is 5.69 Å². The smallest absolute Gasteiger partial charge is 0.332 e. The van der Waals surface area contributed by atoms with E-state index in [1.54, 1.807) is 19.0 Å². The standard InChI is InChI=1S/C20H22N6O4/c1-22(2)11-13-16(27)25(10-12-8-6-5-7-9-12)19-21-15-14(26(19)17(13)28)18(29)24(4)20(30)23(15)3/h5-9,11,17,28H,10H2,1-4H3. The number of aryl methyl sites for hydroxylation is 1. The molecule has 1 aromatic carbocycles. The highest BCUT2D eigenvalue weighted by molar-refractivity contribution is 6.07. The highest BCUT2D eigenvalue weighted by Crippen LogP contribution is 2.34. The molecule has 0 bridgehead atoms. The number of carbonyl (C=O) groups excluding carboxylic acids is 1. The SMILES string of the molecule is CN(C)C=C1C(=O)N(Cc2ccccc2)c2nc3c(c(=O)n(C)c(=O)n3C)n2C1O. The maximum absolute atomic E-state index is 13.3. The average Bonchev–Trinajstić information content (AvgIpc) is 3.12. The van der Waals surface area contributed by atoms with Crippen LogP contribution >= 0.6 is 0 Å². The van der Waals surface area contributed by atoms with E-state index in [4.69, 9.17) is 0 Å². The first kappa shape index (κ1) is 19.6. The van der Waals surface area contributed by atoms with Crippen molar-refractivity contribution in [1.29, 1.82) is 0 Å². The van der Waals surface area contributed by atoms with Gasteiger partial charge in [-0.25, -0.2) is 4.79 Å². The number of fused-ring (bicyclic) bond motifs is 3. The fourth-order valence-electron chi connectivity index (χ4n) is 3.63. The van der Waals surface area contributed by atoms with Crippen molar-refractivity contribution in [2.24, 2.45) is 14.1 Å². The number of benzene rings is 1. The molecule has 1 amide bonds. The molecule has 30 heavy (non-hydrogen) atoms. The lowest BCUT2D eigenvalue weighted by Gasteiger charge is -2.32. The lowest BCUT2D eigenvalue weighted by atomic mass is 10.1. The summed E-state index contributed by atoms with van der Waals surface area (Å²) in [5.74, 6) is -0.315. The summed E-state index contributed by atoms with van der Waals surface area (Å²) in [5.41, 5.74) is -0.0246. The van der Waals surface area contributed by atoms with Gasteiger partial charge < -0.3 is 10.0 Å². The van der Waals surface area contributed by atoms with Crippen LogP contribution in [0.4, 0.5) is 5.95 Å². The molecule has 1 aliphatic rings. The van der Waals surface area contributed by atoms with Crippen molar-refractivity contribution in [3.05, 3.63) is 68.5 Å². The second-order valence-corrected chi connectivity index (χ2v) is 7.46. The summed E-state index contributed by atoms with van der Waals surface area (Å²) in [7, 11) is 6.33. The van der Waals surface area contributed by atoms with Gasteiger partial charge in [0.1, 0.15) is 0 Å². The Hall–Kier alpha value is -3.66. The third-order valence-electron chi connectivity index (χ3n) is 5.11. The van der Waals surface area contributed by atoms with Gasteiger partial charge in [-0.3, -0.25) is 28.2 Å². The molecular weight excluding hydrogens is 388 g/mol. The molecule has 1 unspecified atom stereocenters. The fraction of sp³-hybridized carbons (Fsp3) is 0.300. The van der Waals surface area contributed by atoms with Gasteiger partial charge in [-0.05, 0) is 5.56 Å². The number of carbonyl (C=O) groups is 1. The molecule has 1 atom stereocenters. The number of imidazole rings is 1. The van der Waals surface area contributed by atoms with E-state index in [-0.39, 0.29) is 29.2 Å². The van der Waals surface area contributed by atoms with Crippen molar-refractivity contribution in [3.8, 4) is 0 Å². The molecule has 4 rings (SSSR count). The molecule has 0 radical (unpaired) electrons. The number of hydrogen-bond donors (Lipinski definition) is 1. The van der Waals surface area contributed by atoms with Gasteiger partial charge in [-0.1, -0.05) is 30.3 Å². The molecule has 3 aromatic rings. The summed E-state index contributed by atoms with van der Waals surface area (Å²) in [5, 5.41) is 11.0. The van der Waals surface area contributed by atoms with Crippen molar-refractivity contribution in [1.82, 2.24) is 23.6 Å². The van der Waals surface area contributed by atoms with E-state index >= 15 is 0 Å². The lowest BCUT2D eigenvalue weighted by molar-refractivity contribution is -0.117. The van der Waals surface area contributed by atoms with Crippen LogP contribution in [-0.4, -0.2) is 48.7 Å². The highest BCUT2D eigenvalue weighted by atomic mass is 16.3. The third-order valence-corrected chi connectivity index (χ3v) is 5.11. The van der Waals surface area contributed by atoms with Crippen LogP contribution in [0.5, 0.6) is 0 Å². The largest absolute Gasteiger partial charge is 0.383 e. The summed E-state index contributed by atoms with van der Waals surface area (Å²) >= 11 is 0. The number of hydrogen-bond acceptors (Lipinski definition) is 6. The van der Waals surface area contributed by atoms with Crippen LogP contribution in [0.2, 0.25) is 0 Å². The normalized spacial score (nSPS) is 17.6. The minimum absolute atomic E-state index is 0.0531. The zero-order valence-corrected chi connectivity index (χ0v) is 17.1. The van der Waals surface area contributed by atoms with E-state index in [0.29, 0.717) is 0 Å². The number of aliphatic hydroxyl groups excluding tert-OH is 1.